The standard InChI is InChI=1S/C20H21N3O2S/c1-26-14-18(20(24)25)21-12-16-13-23(17-10-6-3-7-11-17)22-19(16)15-8-4-2-5-9-15/h2-11,13,18,21H,12,14H2,1H3,(H,24,25)/t18-/m0/s1. The quantitative estimate of drug-likeness (QED) is 0.638. The van der Waals surface area contributed by atoms with Gasteiger partial charge in [-0.1, -0.05) is 48.5 Å². The minimum absolute atomic E-state index is 0.439. The molecule has 0 aliphatic heterocycles. The van der Waals surface area contributed by atoms with Gasteiger partial charge in [0.15, 0.2) is 0 Å². The fourth-order valence-corrected chi connectivity index (χ4v) is 3.30. The van der Waals surface area contributed by atoms with Crippen molar-refractivity contribution < 1.29 is 9.90 Å². The van der Waals surface area contributed by atoms with Gasteiger partial charge in [-0.15, -0.1) is 0 Å². The Morgan fingerprint density at radius 1 is 1.15 bits per heavy atom. The van der Waals surface area contributed by atoms with E-state index in [1.165, 1.54) is 11.8 Å². The third kappa shape index (κ3) is 4.33. The molecule has 3 aromatic rings. The van der Waals surface area contributed by atoms with Crippen LogP contribution in [0.2, 0.25) is 0 Å². The fraction of sp³-hybridized carbons (Fsp3) is 0.200. The predicted octanol–water partition coefficient (Wildman–Crippen LogP) is 3.45. The zero-order valence-corrected chi connectivity index (χ0v) is 15.3. The van der Waals surface area contributed by atoms with Gasteiger partial charge in [0.05, 0.1) is 11.4 Å². The zero-order chi connectivity index (χ0) is 18.4. The summed E-state index contributed by atoms with van der Waals surface area (Å²) in [7, 11) is 0. The van der Waals surface area contributed by atoms with Crippen LogP contribution in [-0.2, 0) is 11.3 Å². The Balaban J connectivity index is 1.92. The van der Waals surface area contributed by atoms with Gasteiger partial charge in [0.1, 0.15) is 6.04 Å². The molecule has 1 heterocycles. The average Bonchev–Trinajstić information content (AvgIpc) is 3.10. The minimum Gasteiger partial charge on any atom is -0.480 e. The van der Waals surface area contributed by atoms with Gasteiger partial charge in [-0.3, -0.25) is 10.1 Å². The number of rotatable bonds is 8. The number of hydrogen-bond acceptors (Lipinski definition) is 4. The second-order valence-electron chi connectivity index (χ2n) is 5.88. The molecule has 2 aromatic carbocycles. The number of aliphatic carboxylic acids is 1. The molecule has 5 nitrogen and oxygen atoms in total. The van der Waals surface area contributed by atoms with E-state index in [-0.39, 0.29) is 0 Å². The van der Waals surface area contributed by atoms with Crippen molar-refractivity contribution in [3.8, 4) is 16.9 Å². The van der Waals surface area contributed by atoms with E-state index in [1.54, 1.807) is 0 Å². The van der Waals surface area contributed by atoms with E-state index in [1.807, 2.05) is 77.8 Å². The molecule has 0 saturated heterocycles. The maximum atomic E-state index is 11.4. The molecule has 0 unspecified atom stereocenters. The Morgan fingerprint density at radius 3 is 2.42 bits per heavy atom. The number of hydrogen-bond donors (Lipinski definition) is 2. The van der Waals surface area contributed by atoms with Gasteiger partial charge in [0.2, 0.25) is 0 Å². The first kappa shape index (κ1) is 18.2. The number of para-hydroxylation sites is 1. The van der Waals surface area contributed by atoms with Crippen molar-refractivity contribution in [2.75, 3.05) is 12.0 Å². The second kappa shape index (κ2) is 8.69. The molecule has 0 saturated carbocycles. The molecule has 0 bridgehead atoms. The highest BCUT2D eigenvalue weighted by Gasteiger charge is 2.18. The van der Waals surface area contributed by atoms with Crippen LogP contribution in [0.3, 0.4) is 0 Å². The Kier molecular flexibility index (Phi) is 6.09. The molecular formula is C20H21N3O2S. The van der Waals surface area contributed by atoms with Crippen LogP contribution in [0.15, 0.2) is 66.9 Å². The van der Waals surface area contributed by atoms with Crippen molar-refractivity contribution >= 4 is 17.7 Å². The molecule has 3 rings (SSSR count). The lowest BCUT2D eigenvalue weighted by molar-refractivity contribution is -0.138. The van der Waals surface area contributed by atoms with Crippen molar-refractivity contribution in [3.63, 3.8) is 0 Å². The highest BCUT2D eigenvalue weighted by molar-refractivity contribution is 7.98. The number of carboxylic acid groups (broad SMARTS) is 1. The summed E-state index contributed by atoms with van der Waals surface area (Å²) in [5, 5.41) is 17.2. The van der Waals surface area contributed by atoms with Crippen LogP contribution in [0.1, 0.15) is 5.56 Å². The van der Waals surface area contributed by atoms with Crippen molar-refractivity contribution in [1.82, 2.24) is 15.1 Å². The largest absolute Gasteiger partial charge is 0.480 e. The molecule has 0 amide bonds. The molecule has 2 N–H and O–H groups in total. The molecule has 0 fully saturated rings. The summed E-state index contributed by atoms with van der Waals surface area (Å²) in [5.41, 5.74) is 3.80. The zero-order valence-electron chi connectivity index (χ0n) is 14.5. The summed E-state index contributed by atoms with van der Waals surface area (Å²) in [6.45, 7) is 0.439. The van der Waals surface area contributed by atoms with E-state index in [0.29, 0.717) is 12.3 Å². The summed E-state index contributed by atoms with van der Waals surface area (Å²) >= 11 is 1.51. The van der Waals surface area contributed by atoms with Gasteiger partial charge in [-0.05, 0) is 18.4 Å². The lowest BCUT2D eigenvalue weighted by Gasteiger charge is -2.13. The number of nitrogens with one attached hydrogen (secondary N) is 1. The van der Waals surface area contributed by atoms with E-state index in [0.717, 1.165) is 22.5 Å². The smallest absolute Gasteiger partial charge is 0.321 e. The molecule has 6 heteroatoms. The Morgan fingerprint density at radius 2 is 1.81 bits per heavy atom. The maximum Gasteiger partial charge on any atom is 0.321 e. The lowest BCUT2D eigenvalue weighted by Crippen LogP contribution is -2.38. The molecule has 0 aliphatic carbocycles. The van der Waals surface area contributed by atoms with Gasteiger partial charge < -0.3 is 5.11 Å². The van der Waals surface area contributed by atoms with E-state index < -0.39 is 12.0 Å². The van der Waals surface area contributed by atoms with Crippen molar-refractivity contribution in [3.05, 3.63) is 72.4 Å². The van der Waals surface area contributed by atoms with Crippen molar-refractivity contribution in [2.24, 2.45) is 0 Å². The molecule has 0 aliphatic rings. The highest BCUT2D eigenvalue weighted by atomic mass is 32.2. The van der Waals surface area contributed by atoms with Crippen LogP contribution in [0.25, 0.3) is 16.9 Å². The first-order chi connectivity index (χ1) is 12.7. The first-order valence-corrected chi connectivity index (χ1v) is 9.73. The summed E-state index contributed by atoms with van der Waals surface area (Å²) in [4.78, 5) is 11.4. The maximum absolute atomic E-state index is 11.4. The Bertz CT molecular complexity index is 850. The molecule has 1 atom stereocenters. The van der Waals surface area contributed by atoms with E-state index >= 15 is 0 Å². The number of benzene rings is 2. The van der Waals surface area contributed by atoms with E-state index in [9.17, 15) is 9.90 Å². The normalized spacial score (nSPS) is 12.0. The number of carbonyl (C=O) groups is 1. The van der Waals surface area contributed by atoms with Gasteiger partial charge >= 0.3 is 5.97 Å². The third-order valence-corrected chi connectivity index (χ3v) is 4.69. The summed E-state index contributed by atoms with van der Waals surface area (Å²) in [5.74, 6) is -0.320. The Hall–Kier alpha value is -2.57. The molecule has 0 spiro atoms. The van der Waals surface area contributed by atoms with Gasteiger partial charge in [0, 0.05) is 29.6 Å². The first-order valence-electron chi connectivity index (χ1n) is 8.33. The second-order valence-corrected chi connectivity index (χ2v) is 6.79. The minimum atomic E-state index is -0.837. The number of aromatic nitrogens is 2. The highest BCUT2D eigenvalue weighted by Crippen LogP contribution is 2.23. The van der Waals surface area contributed by atoms with Crippen LogP contribution in [0.4, 0.5) is 0 Å². The SMILES string of the molecule is CSC[C@H](NCc1cn(-c2ccccc2)nc1-c1ccccc1)C(=O)O. The summed E-state index contributed by atoms with van der Waals surface area (Å²) in [6, 6.07) is 19.2. The monoisotopic (exact) mass is 367 g/mol. The number of carboxylic acids is 1. The molecule has 26 heavy (non-hydrogen) atoms. The average molecular weight is 367 g/mol. The van der Waals surface area contributed by atoms with Gasteiger partial charge in [-0.25, -0.2) is 4.68 Å². The molecule has 134 valence electrons. The van der Waals surface area contributed by atoms with Crippen molar-refractivity contribution in [1.29, 1.82) is 0 Å². The third-order valence-electron chi connectivity index (χ3n) is 4.03. The van der Waals surface area contributed by atoms with Crippen LogP contribution in [-0.4, -0.2) is 38.9 Å². The van der Waals surface area contributed by atoms with E-state index in [2.05, 4.69) is 5.32 Å². The number of nitrogens with zero attached hydrogens (tertiary/aromatic N) is 2. The van der Waals surface area contributed by atoms with Crippen LogP contribution in [0.5, 0.6) is 0 Å². The molecule has 1 aromatic heterocycles. The summed E-state index contributed by atoms with van der Waals surface area (Å²) in [6.07, 6.45) is 3.86. The van der Waals surface area contributed by atoms with Gasteiger partial charge in [0.25, 0.3) is 0 Å². The van der Waals surface area contributed by atoms with E-state index in [4.69, 9.17) is 5.10 Å². The summed E-state index contributed by atoms with van der Waals surface area (Å²) < 4.78 is 1.84. The molecular weight excluding hydrogens is 346 g/mol. The molecule has 0 radical (unpaired) electrons. The van der Waals surface area contributed by atoms with Gasteiger partial charge in [-0.2, -0.15) is 16.9 Å². The number of thioether (sulfide) groups is 1. The van der Waals surface area contributed by atoms with Crippen LogP contribution < -0.4 is 5.32 Å². The Labute approximate surface area is 157 Å². The van der Waals surface area contributed by atoms with Crippen LogP contribution >= 0.6 is 11.8 Å². The van der Waals surface area contributed by atoms with Crippen molar-refractivity contribution in [2.45, 2.75) is 12.6 Å². The predicted molar refractivity (Wildman–Crippen MR) is 106 cm³/mol. The fourth-order valence-electron chi connectivity index (χ4n) is 2.71. The lowest BCUT2D eigenvalue weighted by atomic mass is 10.1. The van der Waals surface area contributed by atoms with Crippen LogP contribution in [0, 0.1) is 0 Å². The topological polar surface area (TPSA) is 67.2 Å².